The maximum atomic E-state index is 7.24. The summed E-state index contributed by atoms with van der Waals surface area (Å²) >= 11 is 11.1. The van der Waals surface area contributed by atoms with Crippen LogP contribution < -0.4 is 0 Å². The molecule has 10 heavy (non-hydrogen) atoms. The Hall–Kier alpha value is -0.340. The molecule has 0 saturated heterocycles. The van der Waals surface area contributed by atoms with Crippen molar-refractivity contribution in [2.45, 2.75) is 6.92 Å². The average molecular weight is 179 g/mol. The zero-order chi connectivity index (χ0) is 8.15. The lowest BCUT2D eigenvalue weighted by molar-refractivity contribution is 1.46. The van der Waals surface area contributed by atoms with Crippen molar-refractivity contribution in [2.24, 2.45) is 4.99 Å². The maximum absolute atomic E-state index is 7.24. The zero-order valence-corrected chi connectivity index (χ0v) is 7.29. The summed E-state index contributed by atoms with van der Waals surface area (Å²) in [6.45, 7) is 1.73. The molecule has 4 heteroatoms. The van der Waals surface area contributed by atoms with Crippen LogP contribution in [0.25, 0.3) is 0 Å². The van der Waals surface area contributed by atoms with Gasteiger partial charge in [-0.05, 0) is 6.92 Å². The van der Waals surface area contributed by atoms with E-state index < -0.39 is 0 Å². The van der Waals surface area contributed by atoms with Crippen LogP contribution in [0.5, 0.6) is 0 Å². The van der Waals surface area contributed by atoms with E-state index in [2.05, 4.69) is 4.99 Å². The van der Waals surface area contributed by atoms with Crippen LogP contribution in [0.4, 0.5) is 0 Å². The van der Waals surface area contributed by atoms with Crippen LogP contribution in [0.3, 0.4) is 0 Å². The molecule has 0 heterocycles. The van der Waals surface area contributed by atoms with Gasteiger partial charge >= 0.3 is 0 Å². The van der Waals surface area contributed by atoms with E-state index in [1.54, 1.807) is 13.0 Å². The van der Waals surface area contributed by atoms with Crippen molar-refractivity contribution < 1.29 is 0 Å². The number of nitrogens with zero attached hydrogens (tertiary/aromatic N) is 1. The molecule has 0 spiro atoms. The first-order valence-corrected chi connectivity index (χ1v) is 3.42. The van der Waals surface area contributed by atoms with Crippen LogP contribution in [0.15, 0.2) is 16.1 Å². The van der Waals surface area contributed by atoms with Crippen molar-refractivity contribution in [2.75, 3.05) is 7.05 Å². The van der Waals surface area contributed by atoms with Gasteiger partial charge < -0.3 is 0 Å². The first-order valence-electron chi connectivity index (χ1n) is 2.66. The highest BCUT2D eigenvalue weighted by atomic mass is 35.5. The average Bonchev–Trinajstić information content (AvgIpc) is 2.00. The molecule has 0 unspecified atom stereocenters. The van der Waals surface area contributed by atoms with Crippen molar-refractivity contribution >= 4 is 34.1 Å². The van der Waals surface area contributed by atoms with Crippen LogP contribution in [-0.2, 0) is 0 Å². The molecular weight excluding hydrogens is 171 g/mol. The second kappa shape index (κ2) is 4.47. The van der Waals surface area contributed by atoms with Crippen molar-refractivity contribution in [3.63, 3.8) is 0 Å². The van der Waals surface area contributed by atoms with Crippen LogP contribution in [-0.4, -0.2) is 17.9 Å². The number of rotatable bonds is 2. The molecule has 0 aromatic rings. The molecule has 0 fully saturated rings. The molecule has 1 N–H and O–H groups in total. The van der Waals surface area contributed by atoms with E-state index in [1.807, 2.05) is 0 Å². The molecule has 0 aliphatic rings. The minimum absolute atomic E-state index is 0.0633. The molecule has 0 bridgehead atoms. The summed E-state index contributed by atoms with van der Waals surface area (Å²) < 4.78 is 0. The predicted octanol–water partition coefficient (Wildman–Crippen LogP) is 2.42. The molecule has 0 radical (unpaired) electrons. The number of aliphatic imine (C=N–C) groups is 1. The predicted molar refractivity (Wildman–Crippen MR) is 46.5 cm³/mol. The lowest BCUT2D eigenvalue weighted by atomic mass is 10.3. The van der Waals surface area contributed by atoms with E-state index in [0.717, 1.165) is 0 Å². The van der Waals surface area contributed by atoms with Gasteiger partial charge in [0.25, 0.3) is 0 Å². The van der Waals surface area contributed by atoms with Gasteiger partial charge in [-0.25, -0.2) is 0 Å². The summed E-state index contributed by atoms with van der Waals surface area (Å²) in [4.78, 5) is 3.59. The van der Waals surface area contributed by atoms with Gasteiger partial charge in [-0.3, -0.25) is 10.4 Å². The number of allylic oxidation sites excluding steroid dienone is 2. The first-order chi connectivity index (χ1) is 4.63. The summed E-state index contributed by atoms with van der Waals surface area (Å²) in [5, 5.41) is 7.68. The Morgan fingerprint density at radius 2 is 2.00 bits per heavy atom. The van der Waals surface area contributed by atoms with Gasteiger partial charge in [0, 0.05) is 7.05 Å². The highest BCUT2D eigenvalue weighted by molar-refractivity contribution is 6.87. The smallest absolute Gasteiger partial charge is 0.150 e. The summed E-state index contributed by atoms with van der Waals surface area (Å²) in [7, 11) is 1.51. The molecular formula is C6H8Cl2N2. The summed E-state index contributed by atoms with van der Waals surface area (Å²) in [5.41, 5.74) is 0.0633. The van der Waals surface area contributed by atoms with E-state index in [1.165, 1.54) is 7.05 Å². The molecule has 0 aliphatic carbocycles. The summed E-state index contributed by atoms with van der Waals surface area (Å²) in [6, 6.07) is 0. The van der Waals surface area contributed by atoms with Crippen LogP contribution in [0.2, 0.25) is 0 Å². The van der Waals surface area contributed by atoms with Gasteiger partial charge in [0.05, 0.1) is 5.03 Å². The minimum atomic E-state index is 0.0633. The Morgan fingerprint density at radius 1 is 1.50 bits per heavy atom. The quantitative estimate of drug-likeness (QED) is 0.632. The number of nitrogens with one attached hydrogen (secondary N) is 1. The second-order valence-electron chi connectivity index (χ2n) is 1.53. The number of halogens is 2. The number of hydrogen-bond donors (Lipinski definition) is 1. The molecule has 0 atom stereocenters. The number of hydrogen-bond acceptors (Lipinski definition) is 2. The topological polar surface area (TPSA) is 36.2 Å². The highest BCUT2D eigenvalue weighted by Crippen LogP contribution is 2.05. The van der Waals surface area contributed by atoms with Gasteiger partial charge in [-0.2, -0.15) is 0 Å². The maximum Gasteiger partial charge on any atom is 0.150 e. The normalized spacial score (nSPS) is 13.6. The second-order valence-corrected chi connectivity index (χ2v) is 2.29. The molecule has 56 valence electrons. The molecule has 0 amide bonds. The largest absolute Gasteiger partial charge is 0.296 e. The van der Waals surface area contributed by atoms with Crippen molar-refractivity contribution in [1.82, 2.24) is 0 Å². The van der Waals surface area contributed by atoms with Crippen molar-refractivity contribution in [1.29, 1.82) is 5.41 Å². The fourth-order valence-corrected chi connectivity index (χ4v) is 0.594. The van der Waals surface area contributed by atoms with Crippen molar-refractivity contribution in [3.8, 4) is 0 Å². The van der Waals surface area contributed by atoms with Gasteiger partial charge in [-0.15, -0.1) is 0 Å². The molecule has 0 aromatic heterocycles. The lowest BCUT2D eigenvalue weighted by Gasteiger charge is -1.95. The van der Waals surface area contributed by atoms with Crippen molar-refractivity contribution in [3.05, 3.63) is 11.1 Å². The van der Waals surface area contributed by atoms with E-state index >= 15 is 0 Å². The Labute approximate surface area is 70.1 Å². The molecule has 2 nitrogen and oxygen atoms in total. The van der Waals surface area contributed by atoms with Crippen LogP contribution >= 0.6 is 23.2 Å². The molecule has 0 aromatic carbocycles. The third-order valence-corrected chi connectivity index (χ3v) is 1.66. The van der Waals surface area contributed by atoms with Gasteiger partial charge in [0.2, 0.25) is 0 Å². The summed E-state index contributed by atoms with van der Waals surface area (Å²) in [6.07, 6.45) is 1.59. The minimum Gasteiger partial charge on any atom is -0.296 e. The van der Waals surface area contributed by atoms with Crippen LogP contribution in [0, 0.1) is 5.41 Å². The van der Waals surface area contributed by atoms with E-state index in [-0.39, 0.29) is 10.9 Å². The Morgan fingerprint density at radius 3 is 2.30 bits per heavy atom. The Balaban J connectivity index is 4.39. The molecule has 0 saturated carbocycles. The summed E-state index contributed by atoms with van der Waals surface area (Å²) in [5.74, 6) is 0. The fraction of sp³-hybridized carbons (Fsp3) is 0.333. The highest BCUT2D eigenvalue weighted by Gasteiger charge is 2.04. The Bertz CT molecular complexity index is 174. The van der Waals surface area contributed by atoms with Gasteiger partial charge in [0.1, 0.15) is 10.9 Å². The first kappa shape index (κ1) is 9.66. The van der Waals surface area contributed by atoms with Gasteiger partial charge in [-0.1, -0.05) is 29.3 Å². The molecule has 0 rings (SSSR count). The standard InChI is InChI=1S/C6H8Cl2N2/c1-3-4(7)5(9)6(8)10-2/h3,9H,1-2H3/b4-3+,9-5?,10-6?. The SMILES string of the molecule is C/C=C(/Cl)C(=N)C(Cl)=NC. The third kappa shape index (κ3) is 2.50. The van der Waals surface area contributed by atoms with E-state index in [9.17, 15) is 0 Å². The monoisotopic (exact) mass is 178 g/mol. The van der Waals surface area contributed by atoms with Gasteiger partial charge in [0.15, 0.2) is 0 Å². The van der Waals surface area contributed by atoms with E-state index in [4.69, 9.17) is 28.6 Å². The zero-order valence-electron chi connectivity index (χ0n) is 5.78. The Kier molecular flexibility index (Phi) is 4.32. The van der Waals surface area contributed by atoms with E-state index in [0.29, 0.717) is 5.03 Å². The lowest BCUT2D eigenvalue weighted by Crippen LogP contribution is -2.05. The van der Waals surface area contributed by atoms with Crippen LogP contribution in [0.1, 0.15) is 6.92 Å². The fourth-order valence-electron chi connectivity index (χ4n) is 0.355. The molecule has 0 aliphatic heterocycles. The third-order valence-electron chi connectivity index (χ3n) is 0.895.